The molecular weight excluding hydrogens is 284 g/mol. The van der Waals surface area contributed by atoms with Crippen molar-refractivity contribution in [3.8, 4) is 0 Å². The van der Waals surface area contributed by atoms with E-state index in [4.69, 9.17) is 10.7 Å². The van der Waals surface area contributed by atoms with Gasteiger partial charge >= 0.3 is 0 Å². The lowest BCUT2D eigenvalue weighted by atomic mass is 10.4. The summed E-state index contributed by atoms with van der Waals surface area (Å²) < 4.78 is 22.7. The van der Waals surface area contributed by atoms with Crippen molar-refractivity contribution in [2.24, 2.45) is 0 Å². The molecule has 1 aromatic rings. The highest BCUT2D eigenvalue weighted by molar-refractivity contribution is 9.10. The standard InChI is InChI=1S/C6H6BrClO2S2/c1-4(12(8,9)10)6-5(7)2-3-11-6/h2-4H,1H3. The van der Waals surface area contributed by atoms with Crippen LogP contribution in [-0.4, -0.2) is 8.42 Å². The molecule has 0 bridgehead atoms. The summed E-state index contributed by atoms with van der Waals surface area (Å²) in [5.41, 5.74) is 0. The molecule has 0 aliphatic heterocycles. The van der Waals surface area contributed by atoms with E-state index in [9.17, 15) is 8.42 Å². The first kappa shape index (κ1) is 10.5. The van der Waals surface area contributed by atoms with Crippen molar-refractivity contribution in [1.82, 2.24) is 0 Å². The maximum Gasteiger partial charge on any atom is 0.240 e. The highest BCUT2D eigenvalue weighted by Crippen LogP contribution is 2.34. The van der Waals surface area contributed by atoms with Gasteiger partial charge in [0.1, 0.15) is 5.25 Å². The van der Waals surface area contributed by atoms with Gasteiger partial charge in [0.15, 0.2) is 0 Å². The Morgan fingerprint density at radius 1 is 1.67 bits per heavy atom. The average molecular weight is 290 g/mol. The number of hydrogen-bond acceptors (Lipinski definition) is 3. The Bertz CT molecular complexity index is 371. The lowest BCUT2D eigenvalue weighted by molar-refractivity contribution is 0.601. The Morgan fingerprint density at radius 3 is 2.58 bits per heavy atom. The second kappa shape index (κ2) is 3.65. The van der Waals surface area contributed by atoms with Gasteiger partial charge in [-0.05, 0) is 34.3 Å². The van der Waals surface area contributed by atoms with Crippen LogP contribution in [0.25, 0.3) is 0 Å². The minimum Gasteiger partial charge on any atom is -0.212 e. The third kappa shape index (κ3) is 2.22. The Hall–Kier alpha value is 0.420. The van der Waals surface area contributed by atoms with Crippen molar-refractivity contribution in [3.05, 3.63) is 20.8 Å². The van der Waals surface area contributed by atoms with E-state index in [0.29, 0.717) is 0 Å². The van der Waals surface area contributed by atoms with E-state index in [-0.39, 0.29) is 0 Å². The predicted octanol–water partition coefficient (Wildman–Crippen LogP) is 3.14. The maximum atomic E-state index is 10.9. The molecule has 1 atom stereocenters. The minimum absolute atomic E-state index is 0.645. The summed E-state index contributed by atoms with van der Waals surface area (Å²) in [5, 5.41) is 1.17. The van der Waals surface area contributed by atoms with Gasteiger partial charge in [0.05, 0.1) is 0 Å². The molecule has 0 saturated heterocycles. The first-order chi connectivity index (χ1) is 5.43. The van der Waals surface area contributed by atoms with E-state index < -0.39 is 14.3 Å². The molecule has 1 heterocycles. The second-order valence-corrected chi connectivity index (χ2v) is 7.00. The predicted molar refractivity (Wildman–Crippen MR) is 55.2 cm³/mol. The number of hydrogen-bond donors (Lipinski definition) is 0. The Labute approximate surface area is 88.1 Å². The van der Waals surface area contributed by atoms with E-state index in [1.807, 2.05) is 5.38 Å². The summed E-state index contributed by atoms with van der Waals surface area (Å²) >= 11 is 4.62. The van der Waals surface area contributed by atoms with Crippen LogP contribution in [0.4, 0.5) is 0 Å². The van der Waals surface area contributed by atoms with Crippen LogP contribution >= 0.6 is 37.9 Å². The molecule has 0 aliphatic carbocycles. The topological polar surface area (TPSA) is 34.1 Å². The van der Waals surface area contributed by atoms with Crippen LogP contribution in [0.5, 0.6) is 0 Å². The molecule has 0 radical (unpaired) electrons. The smallest absolute Gasteiger partial charge is 0.212 e. The Kier molecular flexibility index (Phi) is 3.20. The van der Waals surface area contributed by atoms with Gasteiger partial charge in [-0.25, -0.2) is 8.42 Å². The maximum absolute atomic E-state index is 10.9. The van der Waals surface area contributed by atoms with E-state index >= 15 is 0 Å². The SMILES string of the molecule is CC(c1sccc1Br)S(=O)(=O)Cl. The lowest BCUT2D eigenvalue weighted by Gasteiger charge is -2.04. The summed E-state index contributed by atoms with van der Waals surface area (Å²) in [5.74, 6) is 0. The first-order valence-corrected chi connectivity index (χ1v) is 7.14. The molecule has 2 nitrogen and oxygen atoms in total. The van der Waals surface area contributed by atoms with Gasteiger partial charge in [0, 0.05) is 20.0 Å². The summed E-state index contributed by atoms with van der Waals surface area (Å²) in [6.45, 7) is 1.57. The molecule has 0 aliphatic rings. The molecule has 0 spiro atoms. The third-order valence-electron chi connectivity index (χ3n) is 1.44. The van der Waals surface area contributed by atoms with Gasteiger partial charge in [0.2, 0.25) is 9.05 Å². The van der Waals surface area contributed by atoms with Crippen molar-refractivity contribution < 1.29 is 8.42 Å². The summed E-state index contributed by atoms with van der Waals surface area (Å²) in [6, 6.07) is 1.80. The zero-order valence-corrected chi connectivity index (χ0v) is 10.1. The summed E-state index contributed by atoms with van der Waals surface area (Å²) in [6.07, 6.45) is 0. The Balaban J connectivity index is 3.09. The van der Waals surface area contributed by atoms with Crippen molar-refractivity contribution in [2.45, 2.75) is 12.2 Å². The fourth-order valence-corrected chi connectivity index (χ4v) is 3.88. The van der Waals surface area contributed by atoms with Crippen LogP contribution in [-0.2, 0) is 9.05 Å². The average Bonchev–Trinajstić information content (AvgIpc) is 2.31. The molecule has 0 saturated carbocycles. The second-order valence-electron chi connectivity index (χ2n) is 2.25. The molecule has 1 aromatic heterocycles. The van der Waals surface area contributed by atoms with E-state index in [1.54, 1.807) is 13.0 Å². The number of rotatable bonds is 2. The summed E-state index contributed by atoms with van der Waals surface area (Å²) in [4.78, 5) is 0.741. The fraction of sp³-hybridized carbons (Fsp3) is 0.333. The zero-order chi connectivity index (χ0) is 9.35. The van der Waals surface area contributed by atoms with Gasteiger partial charge in [-0.3, -0.25) is 0 Å². The molecule has 1 unspecified atom stereocenters. The van der Waals surface area contributed by atoms with Gasteiger partial charge in [-0.15, -0.1) is 11.3 Å². The van der Waals surface area contributed by atoms with Crippen molar-refractivity contribution in [2.75, 3.05) is 0 Å². The molecule has 68 valence electrons. The summed E-state index contributed by atoms with van der Waals surface area (Å²) in [7, 11) is 1.71. The normalized spacial score (nSPS) is 14.6. The lowest BCUT2D eigenvalue weighted by Crippen LogP contribution is -2.00. The van der Waals surface area contributed by atoms with Crippen LogP contribution in [0, 0.1) is 0 Å². The van der Waals surface area contributed by atoms with Crippen LogP contribution in [0.1, 0.15) is 17.1 Å². The van der Waals surface area contributed by atoms with Crippen LogP contribution in [0.3, 0.4) is 0 Å². The van der Waals surface area contributed by atoms with Crippen molar-refractivity contribution in [3.63, 3.8) is 0 Å². The first-order valence-electron chi connectivity index (χ1n) is 3.09. The van der Waals surface area contributed by atoms with Gasteiger partial charge in [-0.2, -0.15) is 0 Å². The highest BCUT2D eigenvalue weighted by Gasteiger charge is 2.22. The Morgan fingerprint density at radius 2 is 2.25 bits per heavy atom. The van der Waals surface area contributed by atoms with Crippen LogP contribution in [0.2, 0.25) is 0 Å². The number of thiophene rings is 1. The van der Waals surface area contributed by atoms with Crippen LogP contribution in [0.15, 0.2) is 15.9 Å². The van der Waals surface area contributed by atoms with Gasteiger partial charge in [-0.1, -0.05) is 0 Å². The van der Waals surface area contributed by atoms with Crippen molar-refractivity contribution in [1.29, 1.82) is 0 Å². The molecule has 0 N–H and O–H groups in total. The molecule has 0 fully saturated rings. The molecule has 0 amide bonds. The highest BCUT2D eigenvalue weighted by atomic mass is 79.9. The van der Waals surface area contributed by atoms with Gasteiger partial charge < -0.3 is 0 Å². The fourth-order valence-electron chi connectivity index (χ4n) is 0.723. The number of halogens is 2. The van der Waals surface area contributed by atoms with Crippen LogP contribution < -0.4 is 0 Å². The van der Waals surface area contributed by atoms with E-state index in [1.165, 1.54) is 11.3 Å². The molecular formula is C6H6BrClO2S2. The molecule has 12 heavy (non-hydrogen) atoms. The van der Waals surface area contributed by atoms with Crippen molar-refractivity contribution >= 4 is 47.0 Å². The zero-order valence-electron chi connectivity index (χ0n) is 6.12. The quantitative estimate of drug-likeness (QED) is 0.784. The third-order valence-corrected chi connectivity index (χ3v) is 5.52. The monoisotopic (exact) mass is 288 g/mol. The minimum atomic E-state index is -3.50. The van der Waals surface area contributed by atoms with E-state index in [0.717, 1.165) is 9.35 Å². The molecule has 6 heteroatoms. The van der Waals surface area contributed by atoms with Gasteiger partial charge in [0.25, 0.3) is 0 Å². The molecule has 1 rings (SSSR count). The van der Waals surface area contributed by atoms with E-state index in [2.05, 4.69) is 15.9 Å². The largest absolute Gasteiger partial charge is 0.240 e. The molecule has 0 aromatic carbocycles.